The average molecular weight is 274 g/mol. The lowest BCUT2D eigenvalue weighted by molar-refractivity contribution is 0.0500. The lowest BCUT2D eigenvalue weighted by Crippen LogP contribution is -2.32. The molecule has 0 aromatic carbocycles. The Morgan fingerprint density at radius 2 is 2.11 bits per heavy atom. The number of hydrogen-bond acceptors (Lipinski definition) is 3. The monoisotopic (exact) mass is 273 g/mol. The van der Waals surface area contributed by atoms with Crippen LogP contribution in [0.25, 0.3) is 0 Å². The summed E-state index contributed by atoms with van der Waals surface area (Å²) in [5.41, 5.74) is 1.10. The molecule has 1 aromatic heterocycles. The van der Waals surface area contributed by atoms with Crippen LogP contribution in [0.4, 0.5) is 0 Å². The smallest absolute Gasteiger partial charge is 0.0850 e. The first-order chi connectivity index (χ1) is 8.45. The van der Waals surface area contributed by atoms with Gasteiger partial charge in [-0.1, -0.05) is 18.5 Å². The van der Waals surface area contributed by atoms with E-state index in [0.29, 0.717) is 17.9 Å². The van der Waals surface area contributed by atoms with Crippen LogP contribution in [0.15, 0.2) is 0 Å². The van der Waals surface area contributed by atoms with Gasteiger partial charge in [-0.25, -0.2) is 0 Å². The number of aromatic nitrogens is 2. The van der Waals surface area contributed by atoms with Crippen molar-refractivity contribution in [3.8, 4) is 0 Å². The molecule has 1 aromatic rings. The maximum atomic E-state index is 10.4. The predicted molar refractivity (Wildman–Crippen MR) is 75.2 cm³/mol. The van der Waals surface area contributed by atoms with Gasteiger partial charge in [0.15, 0.2) is 0 Å². The minimum atomic E-state index is -0.759. The van der Waals surface area contributed by atoms with E-state index in [2.05, 4.69) is 10.4 Å². The molecule has 5 heteroatoms. The van der Waals surface area contributed by atoms with E-state index in [1.165, 1.54) is 0 Å². The fourth-order valence-corrected chi connectivity index (χ4v) is 2.37. The standard InChI is InChI=1S/C13H24ClN3O/c1-5-10-12(14)11(17(6-2)16-10)9-13(3,18)7-8-15-4/h15,18H,5-9H2,1-4H3. The van der Waals surface area contributed by atoms with Crippen LogP contribution in [0.3, 0.4) is 0 Å². The zero-order chi connectivity index (χ0) is 13.8. The second kappa shape index (κ2) is 6.55. The largest absolute Gasteiger partial charge is 0.390 e. The number of rotatable bonds is 7. The van der Waals surface area contributed by atoms with Crippen molar-refractivity contribution in [3.63, 3.8) is 0 Å². The van der Waals surface area contributed by atoms with Crippen LogP contribution >= 0.6 is 11.6 Å². The molecule has 104 valence electrons. The normalized spacial score (nSPS) is 14.8. The van der Waals surface area contributed by atoms with Gasteiger partial charge in [0.25, 0.3) is 0 Å². The summed E-state index contributed by atoms with van der Waals surface area (Å²) in [7, 11) is 1.88. The highest BCUT2D eigenvalue weighted by molar-refractivity contribution is 6.31. The first-order valence-corrected chi connectivity index (χ1v) is 6.94. The van der Waals surface area contributed by atoms with Crippen molar-refractivity contribution in [3.05, 3.63) is 16.4 Å². The van der Waals surface area contributed by atoms with Crippen molar-refractivity contribution in [1.82, 2.24) is 15.1 Å². The molecule has 1 unspecified atom stereocenters. The van der Waals surface area contributed by atoms with E-state index in [4.69, 9.17) is 11.6 Å². The van der Waals surface area contributed by atoms with Gasteiger partial charge in [-0.2, -0.15) is 5.10 Å². The third-order valence-electron chi connectivity index (χ3n) is 3.16. The number of nitrogens with one attached hydrogen (secondary N) is 1. The molecule has 0 amide bonds. The first kappa shape index (κ1) is 15.5. The molecule has 0 bridgehead atoms. The maximum absolute atomic E-state index is 10.4. The van der Waals surface area contributed by atoms with Gasteiger partial charge in [-0.15, -0.1) is 0 Å². The van der Waals surface area contributed by atoms with E-state index in [1.54, 1.807) is 0 Å². The molecule has 1 heterocycles. The Bertz CT molecular complexity index is 388. The summed E-state index contributed by atoms with van der Waals surface area (Å²) in [5, 5.41) is 18.6. The zero-order valence-corrected chi connectivity index (χ0v) is 12.5. The van der Waals surface area contributed by atoms with Gasteiger partial charge in [0, 0.05) is 13.0 Å². The topological polar surface area (TPSA) is 50.1 Å². The molecule has 0 saturated carbocycles. The fourth-order valence-electron chi connectivity index (χ4n) is 2.03. The number of hydrogen-bond donors (Lipinski definition) is 2. The molecule has 0 radical (unpaired) electrons. The molecule has 1 atom stereocenters. The molecule has 0 aliphatic rings. The van der Waals surface area contributed by atoms with E-state index in [9.17, 15) is 5.11 Å². The summed E-state index contributed by atoms with van der Waals surface area (Å²) in [6.45, 7) is 7.48. The Hall–Kier alpha value is -0.580. The van der Waals surface area contributed by atoms with E-state index in [1.807, 2.05) is 32.5 Å². The summed E-state index contributed by atoms with van der Waals surface area (Å²) in [6.07, 6.45) is 2.04. The molecule has 0 saturated heterocycles. The first-order valence-electron chi connectivity index (χ1n) is 6.56. The summed E-state index contributed by atoms with van der Waals surface area (Å²) < 4.78 is 1.90. The molecule has 0 aliphatic heterocycles. The molecule has 0 spiro atoms. The predicted octanol–water partition coefficient (Wildman–Crippen LogP) is 2.02. The zero-order valence-electron chi connectivity index (χ0n) is 11.8. The minimum Gasteiger partial charge on any atom is -0.390 e. The summed E-state index contributed by atoms with van der Waals surface area (Å²) in [5.74, 6) is 0. The van der Waals surface area contributed by atoms with Gasteiger partial charge in [0.1, 0.15) is 0 Å². The molecule has 18 heavy (non-hydrogen) atoms. The van der Waals surface area contributed by atoms with Crippen molar-refractivity contribution in [2.75, 3.05) is 13.6 Å². The summed E-state index contributed by atoms with van der Waals surface area (Å²) >= 11 is 6.34. The van der Waals surface area contributed by atoms with Crippen LogP contribution in [0, 0.1) is 0 Å². The van der Waals surface area contributed by atoms with Crippen LogP contribution in [0.1, 0.15) is 38.6 Å². The van der Waals surface area contributed by atoms with Crippen LogP contribution in [-0.2, 0) is 19.4 Å². The van der Waals surface area contributed by atoms with Crippen molar-refractivity contribution in [2.45, 2.75) is 52.2 Å². The molecular weight excluding hydrogens is 250 g/mol. The lowest BCUT2D eigenvalue weighted by Gasteiger charge is -2.23. The highest BCUT2D eigenvalue weighted by atomic mass is 35.5. The Morgan fingerprint density at radius 3 is 2.61 bits per heavy atom. The van der Waals surface area contributed by atoms with Gasteiger partial charge >= 0.3 is 0 Å². The highest BCUT2D eigenvalue weighted by Crippen LogP contribution is 2.26. The van der Waals surface area contributed by atoms with Crippen molar-refractivity contribution < 1.29 is 5.11 Å². The van der Waals surface area contributed by atoms with Crippen LogP contribution < -0.4 is 5.32 Å². The Morgan fingerprint density at radius 1 is 1.44 bits per heavy atom. The van der Waals surface area contributed by atoms with Crippen LogP contribution in [0.2, 0.25) is 5.02 Å². The molecule has 2 N–H and O–H groups in total. The lowest BCUT2D eigenvalue weighted by atomic mass is 9.96. The van der Waals surface area contributed by atoms with Crippen LogP contribution in [0.5, 0.6) is 0 Å². The second-order valence-corrected chi connectivity index (χ2v) is 5.28. The van der Waals surface area contributed by atoms with Gasteiger partial charge < -0.3 is 10.4 Å². The van der Waals surface area contributed by atoms with Gasteiger partial charge in [0.2, 0.25) is 0 Å². The number of aryl methyl sites for hydroxylation is 2. The summed E-state index contributed by atoms with van der Waals surface area (Å²) in [4.78, 5) is 0. The minimum absolute atomic E-state index is 0.536. The van der Waals surface area contributed by atoms with Crippen molar-refractivity contribution in [2.24, 2.45) is 0 Å². The van der Waals surface area contributed by atoms with Crippen LogP contribution in [-0.4, -0.2) is 34.1 Å². The van der Waals surface area contributed by atoms with Crippen molar-refractivity contribution in [1.29, 1.82) is 0 Å². The Balaban J connectivity index is 2.91. The van der Waals surface area contributed by atoms with Gasteiger partial charge in [0.05, 0.1) is 22.0 Å². The van der Waals surface area contributed by atoms with E-state index in [-0.39, 0.29) is 0 Å². The summed E-state index contributed by atoms with van der Waals surface area (Å²) in [6, 6.07) is 0. The number of halogens is 1. The van der Waals surface area contributed by atoms with E-state index < -0.39 is 5.60 Å². The average Bonchev–Trinajstić information content (AvgIpc) is 2.63. The maximum Gasteiger partial charge on any atom is 0.0850 e. The SMILES string of the molecule is CCc1nn(CC)c(CC(C)(O)CCNC)c1Cl. The highest BCUT2D eigenvalue weighted by Gasteiger charge is 2.25. The molecule has 4 nitrogen and oxygen atoms in total. The number of aliphatic hydroxyl groups is 1. The Kier molecular flexibility index (Phi) is 5.63. The second-order valence-electron chi connectivity index (χ2n) is 4.90. The number of nitrogens with zero attached hydrogens (tertiary/aromatic N) is 2. The fraction of sp³-hybridized carbons (Fsp3) is 0.769. The molecule has 0 aliphatic carbocycles. The third kappa shape index (κ3) is 3.70. The molecule has 0 fully saturated rings. The van der Waals surface area contributed by atoms with Crippen molar-refractivity contribution >= 4 is 11.6 Å². The van der Waals surface area contributed by atoms with Gasteiger partial charge in [-0.3, -0.25) is 4.68 Å². The van der Waals surface area contributed by atoms with E-state index in [0.717, 1.165) is 30.9 Å². The third-order valence-corrected chi connectivity index (χ3v) is 3.59. The molecule has 1 rings (SSSR count). The molecular formula is C13H24ClN3O. The quantitative estimate of drug-likeness (QED) is 0.799. The van der Waals surface area contributed by atoms with E-state index >= 15 is 0 Å². The Labute approximate surface area is 114 Å². The van der Waals surface area contributed by atoms with Gasteiger partial charge in [-0.05, 0) is 40.3 Å².